The van der Waals surface area contributed by atoms with Crippen LogP contribution in [0.15, 0.2) is 17.0 Å². The highest BCUT2D eigenvalue weighted by atomic mass is 32.2. The lowest BCUT2D eigenvalue weighted by molar-refractivity contribution is -0.131. The van der Waals surface area contributed by atoms with E-state index in [0.29, 0.717) is 16.4 Å². The van der Waals surface area contributed by atoms with Crippen molar-refractivity contribution in [3.05, 3.63) is 17.7 Å². The number of carbonyl (C=O) groups is 2. The SMILES string of the molecule is COc1ccc(C(=O)C(=O)O)c(SC)c1OC. The van der Waals surface area contributed by atoms with Crippen molar-refractivity contribution < 1.29 is 24.2 Å². The summed E-state index contributed by atoms with van der Waals surface area (Å²) in [4.78, 5) is 22.6. The summed E-state index contributed by atoms with van der Waals surface area (Å²) >= 11 is 1.23. The number of carbonyl (C=O) groups excluding carboxylic acids is 1. The molecule has 1 aromatic rings. The maximum absolute atomic E-state index is 11.5. The lowest BCUT2D eigenvalue weighted by atomic mass is 10.1. The molecule has 0 radical (unpaired) electrons. The van der Waals surface area contributed by atoms with Crippen LogP contribution in [0, 0.1) is 0 Å². The Bertz CT molecular complexity index is 455. The number of carboxylic acid groups (broad SMARTS) is 1. The summed E-state index contributed by atoms with van der Waals surface area (Å²) in [5.41, 5.74) is 0.0997. The van der Waals surface area contributed by atoms with Gasteiger partial charge in [0.15, 0.2) is 11.5 Å². The molecule has 6 heteroatoms. The topological polar surface area (TPSA) is 72.8 Å². The standard InChI is InChI=1S/C11H12O5S/c1-15-7-5-4-6(8(12)11(13)14)10(17-3)9(7)16-2/h4-5H,1-3H3,(H,13,14). The van der Waals surface area contributed by atoms with Crippen LogP contribution in [-0.4, -0.2) is 37.3 Å². The Morgan fingerprint density at radius 3 is 2.29 bits per heavy atom. The highest BCUT2D eigenvalue weighted by molar-refractivity contribution is 7.98. The maximum atomic E-state index is 11.5. The van der Waals surface area contributed by atoms with Crippen LogP contribution < -0.4 is 9.47 Å². The molecular weight excluding hydrogens is 244 g/mol. The molecule has 0 bridgehead atoms. The summed E-state index contributed by atoms with van der Waals surface area (Å²) in [6, 6.07) is 2.93. The van der Waals surface area contributed by atoms with E-state index in [2.05, 4.69) is 0 Å². The first kappa shape index (κ1) is 13.4. The molecule has 5 nitrogen and oxygen atoms in total. The van der Waals surface area contributed by atoms with Gasteiger partial charge < -0.3 is 14.6 Å². The van der Waals surface area contributed by atoms with E-state index in [-0.39, 0.29) is 5.56 Å². The number of hydrogen-bond donors (Lipinski definition) is 1. The van der Waals surface area contributed by atoms with E-state index in [1.807, 2.05) is 0 Å². The van der Waals surface area contributed by atoms with Gasteiger partial charge in [0.2, 0.25) is 0 Å². The van der Waals surface area contributed by atoms with Crippen LogP contribution in [0.5, 0.6) is 11.5 Å². The van der Waals surface area contributed by atoms with E-state index in [9.17, 15) is 9.59 Å². The van der Waals surface area contributed by atoms with Crippen molar-refractivity contribution in [1.29, 1.82) is 0 Å². The van der Waals surface area contributed by atoms with Crippen molar-refractivity contribution >= 4 is 23.5 Å². The number of benzene rings is 1. The van der Waals surface area contributed by atoms with Gasteiger partial charge in [-0.15, -0.1) is 11.8 Å². The van der Waals surface area contributed by atoms with Gasteiger partial charge >= 0.3 is 5.97 Å². The Labute approximate surface area is 103 Å². The molecule has 0 fully saturated rings. The molecule has 0 amide bonds. The van der Waals surface area contributed by atoms with Gasteiger partial charge in [0.05, 0.1) is 19.1 Å². The predicted octanol–water partition coefficient (Wildman–Crippen LogP) is 1.69. The number of thioether (sulfide) groups is 1. The third-order valence-electron chi connectivity index (χ3n) is 2.14. The maximum Gasteiger partial charge on any atom is 0.377 e. The minimum atomic E-state index is -1.49. The van der Waals surface area contributed by atoms with Crippen LogP contribution in [-0.2, 0) is 4.79 Å². The molecule has 0 aliphatic rings. The second kappa shape index (κ2) is 5.58. The minimum absolute atomic E-state index is 0.0997. The van der Waals surface area contributed by atoms with Gasteiger partial charge in [-0.1, -0.05) is 0 Å². The summed E-state index contributed by atoms with van der Waals surface area (Å²) in [6.45, 7) is 0. The van der Waals surface area contributed by atoms with E-state index in [1.54, 1.807) is 6.26 Å². The van der Waals surface area contributed by atoms with E-state index >= 15 is 0 Å². The van der Waals surface area contributed by atoms with Crippen LogP contribution in [0.2, 0.25) is 0 Å². The quantitative estimate of drug-likeness (QED) is 0.491. The molecule has 0 spiro atoms. The number of ether oxygens (including phenoxy) is 2. The van der Waals surface area contributed by atoms with E-state index < -0.39 is 11.8 Å². The van der Waals surface area contributed by atoms with E-state index in [0.717, 1.165) is 0 Å². The Morgan fingerprint density at radius 1 is 1.24 bits per heavy atom. The number of Topliss-reactive ketones (excluding diaryl/α,β-unsaturated/α-hetero) is 1. The first-order valence-corrected chi connectivity index (χ1v) is 5.85. The highest BCUT2D eigenvalue weighted by Gasteiger charge is 2.23. The summed E-state index contributed by atoms with van der Waals surface area (Å²) < 4.78 is 10.2. The molecule has 0 unspecified atom stereocenters. The minimum Gasteiger partial charge on any atom is -0.493 e. The number of ketones is 1. The largest absolute Gasteiger partial charge is 0.493 e. The number of methoxy groups -OCH3 is 2. The van der Waals surface area contributed by atoms with Crippen LogP contribution in [0.25, 0.3) is 0 Å². The van der Waals surface area contributed by atoms with Crippen molar-refractivity contribution in [1.82, 2.24) is 0 Å². The average Bonchev–Trinajstić information content (AvgIpc) is 2.35. The molecule has 0 heterocycles. The summed E-state index contributed by atoms with van der Waals surface area (Å²) in [5.74, 6) is -1.63. The molecule has 0 aromatic heterocycles. The first-order chi connectivity index (χ1) is 8.06. The molecule has 0 aliphatic carbocycles. The zero-order chi connectivity index (χ0) is 13.0. The highest BCUT2D eigenvalue weighted by Crippen LogP contribution is 2.39. The first-order valence-electron chi connectivity index (χ1n) is 4.63. The fourth-order valence-corrected chi connectivity index (χ4v) is 2.15. The summed E-state index contributed by atoms with van der Waals surface area (Å²) in [5, 5.41) is 8.71. The zero-order valence-electron chi connectivity index (χ0n) is 9.64. The molecule has 1 N–H and O–H groups in total. The average molecular weight is 256 g/mol. The smallest absolute Gasteiger partial charge is 0.377 e. The fraction of sp³-hybridized carbons (Fsp3) is 0.273. The van der Waals surface area contributed by atoms with Crippen LogP contribution in [0.1, 0.15) is 10.4 Å². The normalized spacial score (nSPS) is 9.82. The van der Waals surface area contributed by atoms with Gasteiger partial charge in [0.25, 0.3) is 5.78 Å². The van der Waals surface area contributed by atoms with Crippen LogP contribution >= 0.6 is 11.8 Å². The fourth-order valence-electron chi connectivity index (χ4n) is 1.40. The molecule has 0 atom stereocenters. The van der Waals surface area contributed by atoms with Crippen molar-refractivity contribution in [2.45, 2.75) is 4.90 Å². The Morgan fingerprint density at radius 2 is 1.88 bits per heavy atom. The second-order valence-electron chi connectivity index (χ2n) is 3.02. The molecular formula is C11H12O5S. The Hall–Kier alpha value is -1.69. The lowest BCUT2D eigenvalue weighted by Gasteiger charge is -2.13. The Kier molecular flexibility index (Phi) is 4.39. The number of hydrogen-bond acceptors (Lipinski definition) is 5. The summed E-state index contributed by atoms with van der Waals surface area (Å²) in [7, 11) is 2.91. The lowest BCUT2D eigenvalue weighted by Crippen LogP contribution is -2.14. The molecule has 1 aromatic carbocycles. The van der Waals surface area contributed by atoms with Crippen molar-refractivity contribution in [2.75, 3.05) is 20.5 Å². The Balaban J connectivity index is 3.43. The molecule has 92 valence electrons. The van der Waals surface area contributed by atoms with E-state index in [1.165, 1.54) is 38.1 Å². The van der Waals surface area contributed by atoms with Gasteiger partial charge in [-0.25, -0.2) is 4.79 Å². The van der Waals surface area contributed by atoms with Crippen molar-refractivity contribution in [3.8, 4) is 11.5 Å². The molecule has 17 heavy (non-hydrogen) atoms. The molecule has 0 aliphatic heterocycles. The van der Waals surface area contributed by atoms with Crippen molar-refractivity contribution in [3.63, 3.8) is 0 Å². The molecule has 0 saturated carbocycles. The zero-order valence-corrected chi connectivity index (χ0v) is 10.5. The van der Waals surface area contributed by atoms with E-state index in [4.69, 9.17) is 14.6 Å². The number of rotatable bonds is 5. The van der Waals surface area contributed by atoms with Gasteiger partial charge in [-0.3, -0.25) is 4.79 Å². The van der Waals surface area contributed by atoms with Gasteiger partial charge in [0, 0.05) is 5.56 Å². The monoisotopic (exact) mass is 256 g/mol. The molecule has 0 saturated heterocycles. The van der Waals surface area contributed by atoms with Crippen molar-refractivity contribution in [2.24, 2.45) is 0 Å². The van der Waals surface area contributed by atoms with Gasteiger partial charge in [-0.05, 0) is 18.4 Å². The second-order valence-corrected chi connectivity index (χ2v) is 3.83. The number of carboxylic acids is 1. The number of aliphatic carboxylic acids is 1. The summed E-state index contributed by atoms with van der Waals surface area (Å²) in [6.07, 6.45) is 1.73. The third kappa shape index (κ3) is 2.52. The third-order valence-corrected chi connectivity index (χ3v) is 2.96. The molecule has 1 rings (SSSR count). The van der Waals surface area contributed by atoms with Crippen LogP contribution in [0.4, 0.5) is 0 Å². The predicted molar refractivity (Wildman–Crippen MR) is 63.3 cm³/mol. The van der Waals surface area contributed by atoms with Gasteiger partial charge in [0.1, 0.15) is 0 Å². The van der Waals surface area contributed by atoms with Gasteiger partial charge in [-0.2, -0.15) is 0 Å². The van der Waals surface area contributed by atoms with Crippen LogP contribution in [0.3, 0.4) is 0 Å².